The van der Waals surface area contributed by atoms with Gasteiger partial charge in [-0.05, 0) is 48.9 Å². The molecule has 7 atom stereocenters. The molecular weight excluding hydrogens is 438 g/mol. The number of hydrogen-bond donors (Lipinski definition) is 2. The number of carbonyl (C=O) groups excluding carboxylic acids is 2. The number of aliphatic hydroxyl groups is 1. The van der Waals surface area contributed by atoms with E-state index < -0.39 is 28.3 Å². The van der Waals surface area contributed by atoms with Gasteiger partial charge in [-0.2, -0.15) is 0 Å². The summed E-state index contributed by atoms with van der Waals surface area (Å²) in [7, 11) is 0. The molecule has 0 spiro atoms. The number of oxime groups is 1. The van der Waals surface area contributed by atoms with Gasteiger partial charge in [0.25, 0.3) is 0 Å². The van der Waals surface area contributed by atoms with Crippen molar-refractivity contribution in [2.75, 3.05) is 0 Å². The summed E-state index contributed by atoms with van der Waals surface area (Å²) in [4.78, 5) is 28.3. The van der Waals surface area contributed by atoms with Gasteiger partial charge < -0.3 is 10.3 Å². The zero-order valence-corrected chi connectivity index (χ0v) is 23.2. The molecule has 0 saturated heterocycles. The molecule has 0 radical (unpaired) electrons. The number of allylic oxidation sites excluding steroid dienone is 2. The van der Waals surface area contributed by atoms with E-state index in [0.29, 0.717) is 48.2 Å². The molecular formula is C30H47NO4. The molecule has 0 aromatic rings. The Balaban J connectivity index is 1.82. The van der Waals surface area contributed by atoms with E-state index in [9.17, 15) is 19.9 Å². The maximum absolute atomic E-state index is 14.2. The van der Waals surface area contributed by atoms with Crippen LogP contribution in [0.4, 0.5) is 0 Å². The Morgan fingerprint density at radius 3 is 2.23 bits per heavy atom. The molecule has 4 aliphatic carbocycles. The molecule has 7 unspecified atom stereocenters. The molecule has 0 aromatic carbocycles. The van der Waals surface area contributed by atoms with Gasteiger partial charge >= 0.3 is 0 Å². The third kappa shape index (κ3) is 3.54. The number of aliphatic hydroxyl groups excluding tert-OH is 1. The summed E-state index contributed by atoms with van der Waals surface area (Å²) in [5.41, 5.74) is -0.539. The summed E-state index contributed by atoms with van der Waals surface area (Å²) >= 11 is 0. The van der Waals surface area contributed by atoms with Crippen LogP contribution in [0.15, 0.2) is 16.3 Å². The van der Waals surface area contributed by atoms with Gasteiger partial charge in [0.2, 0.25) is 5.78 Å². The maximum atomic E-state index is 14.2. The Bertz CT molecular complexity index is 977. The minimum Gasteiger partial charge on any atom is -0.411 e. The average Bonchev–Trinajstić information content (AvgIpc) is 3.02. The number of nitrogens with zero attached hydrogens (tertiary/aromatic N) is 1. The predicted octanol–water partition coefficient (Wildman–Crippen LogP) is 6.36. The highest BCUT2D eigenvalue weighted by molar-refractivity contribution is 6.49. The van der Waals surface area contributed by atoms with E-state index in [1.165, 1.54) is 12.8 Å². The van der Waals surface area contributed by atoms with Crippen molar-refractivity contribution in [2.45, 2.75) is 113 Å². The number of fused-ring (bicyclic) bond motifs is 4. The molecule has 35 heavy (non-hydrogen) atoms. The summed E-state index contributed by atoms with van der Waals surface area (Å²) < 4.78 is 0. The van der Waals surface area contributed by atoms with Gasteiger partial charge in [0.05, 0.1) is 6.10 Å². The average molecular weight is 486 g/mol. The van der Waals surface area contributed by atoms with Crippen molar-refractivity contribution in [1.82, 2.24) is 0 Å². The van der Waals surface area contributed by atoms with Crippen LogP contribution in [0, 0.1) is 45.3 Å². The van der Waals surface area contributed by atoms with Gasteiger partial charge in [-0.15, -0.1) is 0 Å². The third-order valence-corrected chi connectivity index (χ3v) is 11.4. The van der Waals surface area contributed by atoms with Gasteiger partial charge in [0.15, 0.2) is 5.78 Å². The fraction of sp³-hybridized carbons (Fsp3) is 0.833. The minimum atomic E-state index is -0.673. The number of hydrogen-bond acceptors (Lipinski definition) is 5. The Kier molecular flexibility index (Phi) is 6.48. The minimum absolute atomic E-state index is 0.103. The van der Waals surface area contributed by atoms with Crippen molar-refractivity contribution in [3.63, 3.8) is 0 Å². The van der Waals surface area contributed by atoms with Crippen LogP contribution in [0.25, 0.3) is 0 Å². The molecule has 196 valence electrons. The SMILES string of the molecule is CC(C)CCCC(C)C1CCC2(C)C3=C(C(=O)CC12C)C1(C)CCC(O)C(C)(C)C1/C(=N\O)C3=O. The maximum Gasteiger partial charge on any atom is 0.207 e. The second kappa shape index (κ2) is 8.53. The van der Waals surface area contributed by atoms with Crippen LogP contribution in [0.2, 0.25) is 0 Å². The molecule has 0 aliphatic heterocycles. The lowest BCUT2D eigenvalue weighted by molar-refractivity contribution is -0.131. The molecule has 5 nitrogen and oxygen atoms in total. The largest absolute Gasteiger partial charge is 0.411 e. The monoisotopic (exact) mass is 485 g/mol. The second-order valence-electron chi connectivity index (χ2n) is 14.1. The summed E-state index contributed by atoms with van der Waals surface area (Å²) in [5, 5.41) is 24.6. The molecule has 2 fully saturated rings. The van der Waals surface area contributed by atoms with Crippen molar-refractivity contribution in [3.8, 4) is 0 Å². The van der Waals surface area contributed by atoms with Crippen molar-refractivity contribution in [1.29, 1.82) is 0 Å². The summed E-state index contributed by atoms with van der Waals surface area (Å²) in [6.45, 7) is 17.3. The lowest BCUT2D eigenvalue weighted by atomic mass is 9.42. The highest BCUT2D eigenvalue weighted by Crippen LogP contribution is 2.70. The van der Waals surface area contributed by atoms with Gasteiger partial charge in [0, 0.05) is 39.7 Å². The summed E-state index contributed by atoms with van der Waals surface area (Å²) in [5.74, 6) is 0.924. The number of ketones is 2. The molecule has 5 heteroatoms. The lowest BCUT2D eigenvalue weighted by Crippen LogP contribution is -2.62. The Labute approximate surface area is 211 Å². The van der Waals surface area contributed by atoms with E-state index in [4.69, 9.17) is 0 Å². The van der Waals surface area contributed by atoms with Crippen molar-refractivity contribution in [3.05, 3.63) is 11.1 Å². The van der Waals surface area contributed by atoms with Crippen molar-refractivity contribution in [2.24, 2.45) is 50.5 Å². The summed E-state index contributed by atoms with van der Waals surface area (Å²) in [6, 6.07) is 0. The van der Waals surface area contributed by atoms with Crippen LogP contribution in [0.1, 0.15) is 107 Å². The fourth-order valence-corrected chi connectivity index (χ4v) is 9.21. The Morgan fingerprint density at radius 1 is 0.971 bits per heavy atom. The highest BCUT2D eigenvalue weighted by Gasteiger charge is 2.69. The van der Waals surface area contributed by atoms with Crippen LogP contribution in [-0.4, -0.2) is 33.7 Å². The molecule has 0 amide bonds. The van der Waals surface area contributed by atoms with Crippen LogP contribution in [0.3, 0.4) is 0 Å². The topological polar surface area (TPSA) is 87.0 Å². The van der Waals surface area contributed by atoms with Gasteiger partial charge in [-0.25, -0.2) is 0 Å². The van der Waals surface area contributed by atoms with Crippen LogP contribution in [0.5, 0.6) is 0 Å². The first kappa shape index (κ1) is 26.6. The van der Waals surface area contributed by atoms with E-state index in [-0.39, 0.29) is 22.7 Å². The zero-order chi connectivity index (χ0) is 26.1. The van der Waals surface area contributed by atoms with Gasteiger partial charge in [-0.1, -0.05) is 79.8 Å². The van der Waals surface area contributed by atoms with E-state index >= 15 is 0 Å². The highest BCUT2D eigenvalue weighted by atomic mass is 16.4. The first-order chi connectivity index (χ1) is 16.2. The molecule has 0 heterocycles. The molecule has 0 bridgehead atoms. The fourth-order valence-electron chi connectivity index (χ4n) is 9.21. The normalized spacial score (nSPS) is 42.8. The van der Waals surface area contributed by atoms with Crippen molar-refractivity contribution >= 4 is 17.3 Å². The number of carbonyl (C=O) groups is 2. The second-order valence-corrected chi connectivity index (χ2v) is 14.1. The smallest absolute Gasteiger partial charge is 0.207 e. The molecule has 4 rings (SSSR count). The molecule has 0 aromatic heterocycles. The molecule has 2 N–H and O–H groups in total. The molecule has 4 aliphatic rings. The number of rotatable bonds is 5. The lowest BCUT2D eigenvalue weighted by Gasteiger charge is -2.60. The van der Waals surface area contributed by atoms with Crippen LogP contribution < -0.4 is 0 Å². The summed E-state index contributed by atoms with van der Waals surface area (Å²) in [6.07, 6.45) is 6.51. The van der Waals surface area contributed by atoms with E-state index in [1.807, 2.05) is 13.8 Å². The van der Waals surface area contributed by atoms with Crippen LogP contribution >= 0.6 is 0 Å². The Morgan fingerprint density at radius 2 is 1.63 bits per heavy atom. The molecule has 2 saturated carbocycles. The van der Waals surface area contributed by atoms with E-state index in [0.717, 1.165) is 19.3 Å². The third-order valence-electron chi connectivity index (χ3n) is 11.4. The van der Waals surface area contributed by atoms with Crippen molar-refractivity contribution < 1.29 is 19.9 Å². The first-order valence-corrected chi connectivity index (χ1v) is 13.9. The van der Waals surface area contributed by atoms with Gasteiger partial charge in [-0.3, -0.25) is 9.59 Å². The first-order valence-electron chi connectivity index (χ1n) is 13.9. The standard InChI is InChI=1S/C30H47NO4/c1-17(2)10-9-11-18(3)19-12-15-29(7)23-22(20(32)16-30(19,29)8)28(6)14-13-21(33)27(4,5)26(28)24(31-35)25(23)34/h17-19,21,26,33,35H,9-16H2,1-8H3/b31-24-. The number of Topliss-reactive ketones (excluding diaryl/α,β-unsaturated/α-hetero) is 2. The predicted molar refractivity (Wildman–Crippen MR) is 138 cm³/mol. The van der Waals surface area contributed by atoms with E-state index in [1.54, 1.807) is 0 Å². The zero-order valence-electron chi connectivity index (χ0n) is 23.2. The Hall–Kier alpha value is -1.49. The van der Waals surface area contributed by atoms with Crippen LogP contribution in [-0.2, 0) is 9.59 Å². The quantitative estimate of drug-likeness (QED) is 0.350. The van der Waals surface area contributed by atoms with Gasteiger partial charge in [0.1, 0.15) is 5.71 Å². The van der Waals surface area contributed by atoms with E-state index in [2.05, 4.69) is 46.7 Å².